The maximum atomic E-state index is 13.5. The quantitative estimate of drug-likeness (QED) is 0.215. The Balaban J connectivity index is 1.63. The van der Waals surface area contributed by atoms with E-state index in [4.69, 9.17) is 16.3 Å². The second-order valence-corrected chi connectivity index (χ2v) is 13.8. The first-order valence-corrected chi connectivity index (χ1v) is 15.7. The molecule has 1 aliphatic heterocycles. The Morgan fingerprint density at radius 2 is 1.90 bits per heavy atom. The normalized spacial score (nSPS) is 17.8. The lowest BCUT2D eigenvalue weighted by atomic mass is 9.88. The van der Waals surface area contributed by atoms with Gasteiger partial charge in [0.25, 0.3) is 15.6 Å². The van der Waals surface area contributed by atoms with E-state index in [0.717, 1.165) is 60.3 Å². The van der Waals surface area contributed by atoms with E-state index in [0.29, 0.717) is 28.8 Å². The van der Waals surface area contributed by atoms with Gasteiger partial charge in [0.05, 0.1) is 28.4 Å². The molecule has 5 rings (SSSR count). The summed E-state index contributed by atoms with van der Waals surface area (Å²) in [5, 5.41) is 6.04. The van der Waals surface area contributed by atoms with Gasteiger partial charge in [-0.05, 0) is 75.7 Å². The molecule has 1 unspecified atom stereocenters. The van der Waals surface area contributed by atoms with Gasteiger partial charge in [0.2, 0.25) is 0 Å². The minimum absolute atomic E-state index is 0.0415. The first-order chi connectivity index (χ1) is 18.5. The maximum absolute atomic E-state index is 13.5. The van der Waals surface area contributed by atoms with Gasteiger partial charge in [-0.25, -0.2) is 8.42 Å². The molecule has 206 valence electrons. The second kappa shape index (κ2) is 11.0. The number of nitrogens with one attached hydrogen (secondary N) is 3. The number of ether oxygens (including phenoxy) is 1. The molecule has 3 heterocycles. The molecule has 0 radical (unpaired) electrons. The van der Waals surface area contributed by atoms with E-state index in [1.54, 1.807) is 23.6 Å². The molecule has 0 saturated carbocycles. The second-order valence-electron chi connectivity index (χ2n) is 10.5. The zero-order valence-electron chi connectivity index (χ0n) is 22.2. The predicted octanol–water partition coefficient (Wildman–Crippen LogP) is 6.63. The Morgan fingerprint density at radius 1 is 1.13 bits per heavy atom. The van der Waals surface area contributed by atoms with E-state index >= 15 is 0 Å². The standard InChI is InChI=1S/C29H32ClN3O4S2/c1-18-13-19(2)15-20(14-18)26-27(37-11-9-29(3)8-4-5-10-31-29)21-16-24(22(30)17-23(21)32-28(26)34)33-39(35,36)25-7-6-12-38-25/h6-7,12-17,31,33H,4-5,8-11H2,1-3H3,(H,32,34). The molecule has 2 aromatic carbocycles. The minimum Gasteiger partial charge on any atom is -0.492 e. The summed E-state index contributed by atoms with van der Waals surface area (Å²) >= 11 is 7.62. The molecule has 10 heteroatoms. The lowest BCUT2D eigenvalue weighted by molar-refractivity contribution is 0.205. The van der Waals surface area contributed by atoms with Crippen molar-refractivity contribution in [3.8, 4) is 16.9 Å². The van der Waals surface area contributed by atoms with Crippen molar-refractivity contribution in [2.24, 2.45) is 0 Å². The van der Waals surface area contributed by atoms with Crippen molar-refractivity contribution >= 4 is 49.6 Å². The van der Waals surface area contributed by atoms with Crippen LogP contribution >= 0.6 is 22.9 Å². The summed E-state index contributed by atoms with van der Waals surface area (Å²) in [6, 6.07) is 12.4. The van der Waals surface area contributed by atoms with Crippen molar-refractivity contribution in [3.63, 3.8) is 0 Å². The van der Waals surface area contributed by atoms with Crippen molar-refractivity contribution in [1.82, 2.24) is 10.3 Å². The number of anilines is 1. The van der Waals surface area contributed by atoms with E-state index in [-0.39, 0.29) is 26.0 Å². The van der Waals surface area contributed by atoms with Crippen LogP contribution in [0.1, 0.15) is 43.7 Å². The van der Waals surface area contributed by atoms with Crippen LogP contribution in [0.2, 0.25) is 5.02 Å². The van der Waals surface area contributed by atoms with Gasteiger partial charge >= 0.3 is 0 Å². The lowest BCUT2D eigenvalue weighted by Gasteiger charge is -2.35. The van der Waals surface area contributed by atoms with Crippen LogP contribution in [0.25, 0.3) is 22.0 Å². The highest BCUT2D eigenvalue weighted by Crippen LogP contribution is 2.39. The summed E-state index contributed by atoms with van der Waals surface area (Å²) in [7, 11) is -3.83. The zero-order valence-corrected chi connectivity index (χ0v) is 24.6. The Labute approximate surface area is 237 Å². The van der Waals surface area contributed by atoms with Crippen LogP contribution in [0.3, 0.4) is 0 Å². The van der Waals surface area contributed by atoms with Crippen LogP contribution in [-0.2, 0) is 10.0 Å². The predicted molar refractivity (Wildman–Crippen MR) is 160 cm³/mol. The van der Waals surface area contributed by atoms with Crippen LogP contribution in [0.15, 0.2) is 56.8 Å². The molecule has 7 nitrogen and oxygen atoms in total. The van der Waals surface area contributed by atoms with E-state index in [9.17, 15) is 13.2 Å². The lowest BCUT2D eigenvalue weighted by Crippen LogP contribution is -2.46. The number of rotatable bonds is 8. The molecule has 3 N–H and O–H groups in total. The zero-order chi connectivity index (χ0) is 27.8. The Morgan fingerprint density at radius 3 is 2.56 bits per heavy atom. The molecule has 1 atom stereocenters. The number of fused-ring (bicyclic) bond motifs is 1. The van der Waals surface area contributed by atoms with Gasteiger partial charge in [-0.3, -0.25) is 9.52 Å². The summed E-state index contributed by atoms with van der Waals surface area (Å²) in [4.78, 5) is 16.4. The number of thiophene rings is 1. The van der Waals surface area contributed by atoms with Crippen molar-refractivity contribution in [3.05, 3.63) is 74.3 Å². The average molecular weight is 586 g/mol. The highest BCUT2D eigenvalue weighted by atomic mass is 35.5. The average Bonchev–Trinajstić information content (AvgIpc) is 3.41. The van der Waals surface area contributed by atoms with Gasteiger partial charge in [0.15, 0.2) is 0 Å². The van der Waals surface area contributed by atoms with Crippen LogP contribution < -0.4 is 20.3 Å². The van der Waals surface area contributed by atoms with Gasteiger partial charge < -0.3 is 15.0 Å². The maximum Gasteiger partial charge on any atom is 0.271 e. The first kappa shape index (κ1) is 27.7. The third-order valence-corrected chi connectivity index (χ3v) is 10.3. The minimum atomic E-state index is -3.83. The number of halogens is 1. The molecule has 39 heavy (non-hydrogen) atoms. The highest BCUT2D eigenvalue weighted by molar-refractivity contribution is 7.94. The summed E-state index contributed by atoms with van der Waals surface area (Å²) in [6.07, 6.45) is 4.15. The topological polar surface area (TPSA) is 100 Å². The van der Waals surface area contributed by atoms with Gasteiger partial charge in [0, 0.05) is 10.9 Å². The molecule has 0 amide bonds. The molecule has 1 aliphatic rings. The molecule has 0 bridgehead atoms. The Kier molecular flexibility index (Phi) is 7.79. The number of sulfonamides is 1. The SMILES string of the molecule is Cc1cc(C)cc(-c2c(OCCC3(C)CCCCN3)c3cc(NS(=O)(=O)c4cccs4)c(Cl)cc3[nH]c2=O)c1. The summed E-state index contributed by atoms with van der Waals surface area (Å²) < 4.78 is 35.2. The summed E-state index contributed by atoms with van der Waals surface area (Å²) in [6.45, 7) is 7.54. The molecular weight excluding hydrogens is 554 g/mol. The number of aryl methyl sites for hydroxylation is 2. The van der Waals surface area contributed by atoms with Gasteiger partial charge in [-0.15, -0.1) is 11.3 Å². The van der Waals surface area contributed by atoms with E-state index in [2.05, 4.69) is 21.9 Å². The third-order valence-electron chi connectivity index (χ3n) is 7.18. The summed E-state index contributed by atoms with van der Waals surface area (Å²) in [5.41, 5.74) is 3.53. The number of aromatic amines is 1. The number of hydrogen-bond acceptors (Lipinski definition) is 6. The van der Waals surface area contributed by atoms with Crippen LogP contribution in [0, 0.1) is 13.8 Å². The Bertz CT molecular complexity index is 1650. The molecule has 1 fully saturated rings. The van der Waals surface area contributed by atoms with Gasteiger partial charge in [-0.1, -0.05) is 53.4 Å². The number of benzene rings is 2. The van der Waals surface area contributed by atoms with Gasteiger partial charge in [0.1, 0.15) is 9.96 Å². The molecule has 0 aliphatic carbocycles. The molecule has 2 aromatic heterocycles. The monoisotopic (exact) mass is 585 g/mol. The number of pyridine rings is 1. The number of hydrogen-bond donors (Lipinski definition) is 3. The largest absolute Gasteiger partial charge is 0.492 e. The Hall–Kier alpha value is -2.85. The molecular formula is C29H32ClN3O4S2. The van der Waals surface area contributed by atoms with Crippen molar-refractivity contribution in [2.75, 3.05) is 17.9 Å². The van der Waals surface area contributed by atoms with Gasteiger partial charge in [-0.2, -0.15) is 0 Å². The molecule has 4 aromatic rings. The van der Waals surface area contributed by atoms with Crippen molar-refractivity contribution < 1.29 is 13.2 Å². The van der Waals surface area contributed by atoms with E-state index in [1.807, 2.05) is 32.0 Å². The third kappa shape index (κ3) is 6.01. The fraction of sp³-hybridized carbons (Fsp3) is 0.345. The molecule has 0 spiro atoms. The van der Waals surface area contributed by atoms with Crippen molar-refractivity contribution in [2.45, 2.75) is 56.2 Å². The van der Waals surface area contributed by atoms with E-state index < -0.39 is 10.0 Å². The fourth-order valence-electron chi connectivity index (χ4n) is 5.22. The number of piperidine rings is 1. The smallest absolute Gasteiger partial charge is 0.271 e. The molecule has 1 saturated heterocycles. The number of aromatic nitrogens is 1. The van der Waals surface area contributed by atoms with E-state index in [1.165, 1.54) is 6.07 Å². The van der Waals surface area contributed by atoms with Crippen LogP contribution in [0.4, 0.5) is 5.69 Å². The van der Waals surface area contributed by atoms with Crippen LogP contribution in [0.5, 0.6) is 5.75 Å². The van der Waals surface area contributed by atoms with Crippen LogP contribution in [-0.4, -0.2) is 32.1 Å². The van der Waals surface area contributed by atoms with Crippen molar-refractivity contribution in [1.29, 1.82) is 0 Å². The fourth-order valence-corrected chi connectivity index (χ4v) is 7.55. The number of H-pyrrole nitrogens is 1. The highest BCUT2D eigenvalue weighted by Gasteiger charge is 2.27. The first-order valence-electron chi connectivity index (χ1n) is 13.0. The summed E-state index contributed by atoms with van der Waals surface area (Å²) in [5.74, 6) is 0.409.